The van der Waals surface area contributed by atoms with Crippen LogP contribution in [-0.2, 0) is 7.05 Å². The summed E-state index contributed by atoms with van der Waals surface area (Å²) in [7, 11) is 1.99. The summed E-state index contributed by atoms with van der Waals surface area (Å²) in [5, 5.41) is 0. The van der Waals surface area contributed by atoms with Gasteiger partial charge in [-0.25, -0.2) is 8.96 Å². The lowest BCUT2D eigenvalue weighted by Gasteiger charge is -1.94. The second kappa shape index (κ2) is 4.71. The highest BCUT2D eigenvalue weighted by Crippen LogP contribution is 2.06. The molecule has 16 heavy (non-hydrogen) atoms. The third-order valence-electron chi connectivity index (χ3n) is 2.41. The second-order valence-electron chi connectivity index (χ2n) is 3.62. The van der Waals surface area contributed by atoms with Gasteiger partial charge < -0.3 is 0 Å². The number of aryl methyl sites for hydroxylation is 1. The van der Waals surface area contributed by atoms with Gasteiger partial charge in [-0.2, -0.15) is 0 Å². The first-order chi connectivity index (χ1) is 7.75. The Labute approximate surface area is 94.5 Å². The second-order valence-corrected chi connectivity index (χ2v) is 3.62. The monoisotopic (exact) mass is 214 g/mol. The van der Waals surface area contributed by atoms with Crippen molar-refractivity contribution in [3.8, 4) is 0 Å². The third kappa shape index (κ3) is 2.54. The molecule has 0 atom stereocenters. The minimum Gasteiger partial charge on any atom is -0.207 e. The summed E-state index contributed by atoms with van der Waals surface area (Å²) >= 11 is 0. The maximum absolute atomic E-state index is 12.7. The molecule has 1 aromatic heterocycles. The fourth-order valence-electron chi connectivity index (χ4n) is 1.47. The van der Waals surface area contributed by atoms with E-state index in [9.17, 15) is 4.39 Å². The Morgan fingerprint density at radius 3 is 2.44 bits per heavy atom. The number of halogens is 1. The van der Waals surface area contributed by atoms with Crippen molar-refractivity contribution in [2.75, 3.05) is 0 Å². The minimum atomic E-state index is -0.206. The van der Waals surface area contributed by atoms with Gasteiger partial charge in [0.2, 0.25) is 5.69 Å². The maximum Gasteiger partial charge on any atom is 0.204 e. The fourth-order valence-corrected chi connectivity index (χ4v) is 1.47. The number of rotatable bonds is 2. The molecule has 0 fully saturated rings. The lowest BCUT2D eigenvalue weighted by molar-refractivity contribution is -0.673. The molecule has 80 valence electrons. The van der Waals surface area contributed by atoms with E-state index < -0.39 is 0 Å². The summed E-state index contributed by atoms with van der Waals surface area (Å²) in [6.07, 6.45) is 5.96. The quantitative estimate of drug-likeness (QED) is 0.677. The van der Waals surface area contributed by atoms with Gasteiger partial charge >= 0.3 is 0 Å². The van der Waals surface area contributed by atoms with Gasteiger partial charge in [-0.15, -0.1) is 0 Å². The van der Waals surface area contributed by atoms with Crippen LogP contribution >= 0.6 is 0 Å². The van der Waals surface area contributed by atoms with Crippen molar-refractivity contribution in [2.45, 2.75) is 0 Å². The lowest BCUT2D eigenvalue weighted by atomic mass is 10.2. The van der Waals surface area contributed by atoms with Gasteiger partial charge in [-0.1, -0.05) is 12.1 Å². The molecule has 0 N–H and O–H groups in total. The van der Waals surface area contributed by atoms with Gasteiger partial charge in [0.25, 0.3) is 0 Å². The number of hydrogen-bond donors (Lipinski definition) is 0. The van der Waals surface area contributed by atoms with E-state index in [1.165, 1.54) is 12.1 Å². The van der Waals surface area contributed by atoms with Crippen molar-refractivity contribution in [2.24, 2.45) is 7.05 Å². The Balaban J connectivity index is 2.21. The van der Waals surface area contributed by atoms with Crippen LogP contribution in [0.1, 0.15) is 11.3 Å². The number of pyridine rings is 1. The van der Waals surface area contributed by atoms with Crippen LogP contribution < -0.4 is 4.57 Å². The highest BCUT2D eigenvalue weighted by Gasteiger charge is 1.98. The molecular weight excluding hydrogens is 201 g/mol. The third-order valence-corrected chi connectivity index (χ3v) is 2.41. The van der Waals surface area contributed by atoms with Crippen LogP contribution in [0, 0.1) is 5.82 Å². The van der Waals surface area contributed by atoms with E-state index in [0.717, 1.165) is 11.3 Å². The molecule has 1 aromatic carbocycles. The van der Waals surface area contributed by atoms with E-state index >= 15 is 0 Å². The summed E-state index contributed by atoms with van der Waals surface area (Å²) in [5.74, 6) is -0.206. The normalized spacial score (nSPS) is 10.9. The molecule has 0 saturated carbocycles. The Hall–Kier alpha value is -1.96. The molecule has 0 bridgehead atoms. The van der Waals surface area contributed by atoms with Crippen molar-refractivity contribution in [3.63, 3.8) is 0 Å². The molecule has 0 unspecified atom stereocenters. The lowest BCUT2D eigenvalue weighted by Crippen LogP contribution is -2.30. The zero-order valence-electron chi connectivity index (χ0n) is 9.10. The van der Waals surface area contributed by atoms with Crippen molar-refractivity contribution in [1.29, 1.82) is 0 Å². The fraction of sp³-hybridized carbons (Fsp3) is 0.0714. The average Bonchev–Trinajstić information content (AvgIpc) is 2.30. The molecular formula is C14H13FN+. The summed E-state index contributed by atoms with van der Waals surface area (Å²) in [6.45, 7) is 0. The van der Waals surface area contributed by atoms with Crippen molar-refractivity contribution in [1.82, 2.24) is 0 Å². The van der Waals surface area contributed by atoms with Gasteiger partial charge in [0, 0.05) is 18.2 Å². The Morgan fingerprint density at radius 1 is 1.00 bits per heavy atom. The van der Waals surface area contributed by atoms with Crippen LogP contribution in [0.5, 0.6) is 0 Å². The van der Waals surface area contributed by atoms with Crippen LogP contribution in [0.4, 0.5) is 4.39 Å². The maximum atomic E-state index is 12.7. The average molecular weight is 214 g/mol. The molecule has 0 aliphatic heterocycles. The molecule has 2 aromatic rings. The largest absolute Gasteiger partial charge is 0.207 e. The first-order valence-corrected chi connectivity index (χ1v) is 5.14. The van der Waals surface area contributed by atoms with Crippen LogP contribution in [-0.4, -0.2) is 0 Å². The van der Waals surface area contributed by atoms with Crippen LogP contribution in [0.25, 0.3) is 12.2 Å². The van der Waals surface area contributed by atoms with E-state index in [-0.39, 0.29) is 5.82 Å². The molecule has 1 heterocycles. The zero-order chi connectivity index (χ0) is 11.4. The first kappa shape index (κ1) is 10.6. The van der Waals surface area contributed by atoms with Crippen molar-refractivity contribution < 1.29 is 8.96 Å². The predicted octanol–water partition coefficient (Wildman–Crippen LogP) is 2.82. The van der Waals surface area contributed by atoms with Crippen molar-refractivity contribution >= 4 is 12.2 Å². The SMILES string of the molecule is C[n+]1ccccc1/C=C/c1ccc(F)cc1. The highest BCUT2D eigenvalue weighted by molar-refractivity contribution is 5.66. The van der Waals surface area contributed by atoms with Gasteiger partial charge in [0.05, 0.1) is 0 Å². The Bertz CT molecular complexity index is 500. The summed E-state index contributed by atoms with van der Waals surface area (Å²) in [6, 6.07) is 12.4. The predicted molar refractivity (Wildman–Crippen MR) is 62.9 cm³/mol. The smallest absolute Gasteiger partial charge is 0.204 e. The number of aromatic nitrogens is 1. The minimum absolute atomic E-state index is 0.206. The van der Waals surface area contributed by atoms with Crippen LogP contribution in [0.2, 0.25) is 0 Å². The summed E-state index contributed by atoms with van der Waals surface area (Å²) < 4.78 is 14.7. The topological polar surface area (TPSA) is 3.88 Å². The summed E-state index contributed by atoms with van der Waals surface area (Å²) in [5.41, 5.74) is 2.09. The van der Waals surface area contributed by atoms with E-state index in [1.54, 1.807) is 12.1 Å². The van der Waals surface area contributed by atoms with E-state index in [2.05, 4.69) is 0 Å². The zero-order valence-corrected chi connectivity index (χ0v) is 9.10. The Kier molecular flexibility index (Phi) is 3.10. The molecule has 2 rings (SSSR count). The van der Waals surface area contributed by atoms with Gasteiger partial charge in [-0.05, 0) is 29.8 Å². The van der Waals surface area contributed by atoms with E-state index in [1.807, 2.05) is 48.2 Å². The number of hydrogen-bond acceptors (Lipinski definition) is 0. The molecule has 0 amide bonds. The number of nitrogens with zero attached hydrogens (tertiary/aromatic N) is 1. The van der Waals surface area contributed by atoms with Gasteiger partial charge in [-0.3, -0.25) is 0 Å². The molecule has 0 saturated heterocycles. The molecule has 1 nitrogen and oxygen atoms in total. The highest BCUT2D eigenvalue weighted by atomic mass is 19.1. The van der Waals surface area contributed by atoms with Crippen LogP contribution in [0.3, 0.4) is 0 Å². The molecule has 2 heteroatoms. The number of benzene rings is 1. The molecule has 0 aliphatic carbocycles. The first-order valence-electron chi connectivity index (χ1n) is 5.14. The van der Waals surface area contributed by atoms with Crippen molar-refractivity contribution in [3.05, 3.63) is 65.7 Å². The molecule has 0 spiro atoms. The van der Waals surface area contributed by atoms with E-state index in [4.69, 9.17) is 0 Å². The van der Waals surface area contributed by atoms with Crippen LogP contribution in [0.15, 0.2) is 48.7 Å². The van der Waals surface area contributed by atoms with Gasteiger partial charge in [0.15, 0.2) is 6.20 Å². The Morgan fingerprint density at radius 2 is 1.75 bits per heavy atom. The van der Waals surface area contributed by atoms with E-state index in [0.29, 0.717) is 0 Å². The summed E-state index contributed by atoms with van der Waals surface area (Å²) in [4.78, 5) is 0. The standard InChI is InChI=1S/C14H13FN/c1-16-11-3-2-4-14(16)10-7-12-5-8-13(15)9-6-12/h2-11H,1H3/q+1/b10-7+. The molecule has 0 aliphatic rings. The molecule has 0 radical (unpaired) electrons. The van der Waals surface area contributed by atoms with Gasteiger partial charge in [0.1, 0.15) is 12.9 Å².